The van der Waals surface area contributed by atoms with Gasteiger partial charge in [-0.1, -0.05) is 24.3 Å². The molecule has 0 saturated carbocycles. The van der Waals surface area contributed by atoms with Gasteiger partial charge in [0, 0.05) is 11.1 Å². The maximum absolute atomic E-state index is 12.9. The monoisotopic (exact) mass is 303 g/mol. The summed E-state index contributed by atoms with van der Waals surface area (Å²) in [5.74, 6) is -1.01. The number of alkyl halides is 3. The lowest BCUT2D eigenvalue weighted by molar-refractivity contribution is -0.144. The summed E-state index contributed by atoms with van der Waals surface area (Å²) in [7, 11) is 0. The molecule has 3 rings (SSSR count). The summed E-state index contributed by atoms with van der Waals surface area (Å²) >= 11 is 0. The highest BCUT2D eigenvalue weighted by atomic mass is 19.4. The van der Waals surface area contributed by atoms with Gasteiger partial charge in [0.1, 0.15) is 5.82 Å². The fraction of sp³-hybridized carbons (Fsp3) is 0.125. The van der Waals surface area contributed by atoms with Gasteiger partial charge in [0.05, 0.1) is 5.52 Å². The molecule has 0 atom stereocenters. The summed E-state index contributed by atoms with van der Waals surface area (Å²) in [6.07, 6.45) is -4.59. The number of benzene rings is 2. The second kappa shape index (κ2) is 5.29. The van der Waals surface area contributed by atoms with Crippen LogP contribution < -0.4 is 5.32 Å². The molecule has 0 saturated heterocycles. The van der Waals surface area contributed by atoms with Crippen LogP contribution in [0.4, 0.5) is 24.7 Å². The molecule has 0 spiro atoms. The number of fused-ring (bicyclic) bond motifs is 1. The van der Waals surface area contributed by atoms with Gasteiger partial charge in [0.15, 0.2) is 0 Å². The first-order chi connectivity index (χ1) is 10.4. The molecule has 6 heteroatoms. The highest BCUT2D eigenvalue weighted by molar-refractivity contribution is 5.90. The minimum atomic E-state index is -4.59. The lowest BCUT2D eigenvalue weighted by atomic mass is 10.2. The molecule has 0 amide bonds. The van der Waals surface area contributed by atoms with E-state index in [9.17, 15) is 13.2 Å². The summed E-state index contributed by atoms with van der Waals surface area (Å²) < 4.78 is 38.8. The van der Waals surface area contributed by atoms with Gasteiger partial charge in [-0.3, -0.25) is 0 Å². The molecule has 3 nitrogen and oxygen atoms in total. The number of halogens is 3. The van der Waals surface area contributed by atoms with Crippen LogP contribution in [0.5, 0.6) is 0 Å². The van der Waals surface area contributed by atoms with E-state index in [2.05, 4.69) is 15.3 Å². The molecule has 0 radical (unpaired) electrons. The normalized spacial score (nSPS) is 11.6. The molecule has 112 valence electrons. The number of rotatable bonds is 2. The Hall–Kier alpha value is -2.63. The summed E-state index contributed by atoms with van der Waals surface area (Å²) in [5.41, 5.74) is 1.93. The summed E-state index contributed by atoms with van der Waals surface area (Å²) in [6.45, 7) is 1.91. The minimum absolute atomic E-state index is 0.142. The van der Waals surface area contributed by atoms with Gasteiger partial charge in [-0.25, -0.2) is 9.97 Å². The summed E-state index contributed by atoms with van der Waals surface area (Å²) in [4.78, 5) is 7.24. The van der Waals surface area contributed by atoms with Crippen LogP contribution in [0.3, 0.4) is 0 Å². The van der Waals surface area contributed by atoms with Crippen molar-refractivity contribution in [3.63, 3.8) is 0 Å². The first-order valence-electron chi connectivity index (χ1n) is 6.61. The van der Waals surface area contributed by atoms with Crippen molar-refractivity contribution >= 4 is 22.4 Å². The fourth-order valence-electron chi connectivity index (χ4n) is 2.16. The molecule has 1 N–H and O–H groups in total. The number of hydrogen-bond acceptors (Lipinski definition) is 3. The number of nitrogens with one attached hydrogen (secondary N) is 1. The van der Waals surface area contributed by atoms with Gasteiger partial charge in [-0.15, -0.1) is 0 Å². The zero-order valence-corrected chi connectivity index (χ0v) is 11.6. The number of hydrogen-bond donors (Lipinski definition) is 1. The van der Waals surface area contributed by atoms with E-state index >= 15 is 0 Å². The Morgan fingerprint density at radius 3 is 2.45 bits per heavy atom. The highest BCUT2D eigenvalue weighted by Crippen LogP contribution is 2.31. The van der Waals surface area contributed by atoms with Crippen molar-refractivity contribution in [3.8, 4) is 0 Å². The van der Waals surface area contributed by atoms with Gasteiger partial charge >= 0.3 is 6.18 Å². The predicted molar refractivity (Wildman–Crippen MR) is 79.0 cm³/mol. The van der Waals surface area contributed by atoms with E-state index in [4.69, 9.17) is 0 Å². The molecule has 0 aliphatic rings. The fourth-order valence-corrected chi connectivity index (χ4v) is 2.16. The lowest BCUT2D eigenvalue weighted by Crippen LogP contribution is -2.12. The van der Waals surface area contributed by atoms with Crippen molar-refractivity contribution in [2.24, 2.45) is 0 Å². The van der Waals surface area contributed by atoms with Crippen molar-refractivity contribution in [2.45, 2.75) is 13.1 Å². The van der Waals surface area contributed by atoms with Crippen molar-refractivity contribution in [1.29, 1.82) is 0 Å². The lowest BCUT2D eigenvalue weighted by Gasteiger charge is -2.12. The maximum Gasteiger partial charge on any atom is 0.451 e. The second-order valence-electron chi connectivity index (χ2n) is 4.91. The van der Waals surface area contributed by atoms with Crippen LogP contribution in [-0.2, 0) is 6.18 Å². The van der Waals surface area contributed by atoms with E-state index in [1.807, 2.05) is 25.1 Å². The molecule has 22 heavy (non-hydrogen) atoms. The third kappa shape index (κ3) is 2.86. The van der Waals surface area contributed by atoms with Crippen LogP contribution in [0, 0.1) is 6.92 Å². The van der Waals surface area contributed by atoms with Gasteiger partial charge in [-0.05, 0) is 36.8 Å². The highest BCUT2D eigenvalue weighted by Gasteiger charge is 2.35. The van der Waals surface area contributed by atoms with E-state index < -0.39 is 12.0 Å². The third-order valence-corrected chi connectivity index (χ3v) is 3.14. The maximum atomic E-state index is 12.9. The minimum Gasteiger partial charge on any atom is -0.340 e. The molecule has 0 unspecified atom stereocenters. The Labute approximate surface area is 124 Å². The van der Waals surface area contributed by atoms with Crippen molar-refractivity contribution < 1.29 is 13.2 Å². The van der Waals surface area contributed by atoms with Crippen LogP contribution in [-0.4, -0.2) is 9.97 Å². The van der Waals surface area contributed by atoms with Crippen LogP contribution in [0.15, 0.2) is 48.5 Å². The van der Waals surface area contributed by atoms with Gasteiger partial charge in [0.2, 0.25) is 5.82 Å². The zero-order valence-electron chi connectivity index (χ0n) is 11.6. The zero-order chi connectivity index (χ0) is 15.7. The smallest absolute Gasteiger partial charge is 0.340 e. The van der Waals surface area contributed by atoms with E-state index in [-0.39, 0.29) is 11.3 Å². The molecule has 2 aromatic carbocycles. The number of para-hydroxylation sites is 1. The van der Waals surface area contributed by atoms with Crippen LogP contribution in [0.1, 0.15) is 11.4 Å². The number of nitrogens with zero attached hydrogens (tertiary/aromatic N) is 2. The molecule has 1 aromatic heterocycles. The predicted octanol–water partition coefficient (Wildman–Crippen LogP) is 4.70. The Morgan fingerprint density at radius 2 is 1.73 bits per heavy atom. The average Bonchev–Trinajstić information content (AvgIpc) is 2.46. The number of anilines is 2. The number of aromatic nitrogens is 2. The van der Waals surface area contributed by atoms with Crippen LogP contribution >= 0.6 is 0 Å². The largest absolute Gasteiger partial charge is 0.451 e. The van der Waals surface area contributed by atoms with Gasteiger partial charge in [-0.2, -0.15) is 13.2 Å². The summed E-state index contributed by atoms with van der Waals surface area (Å²) in [5, 5.41) is 3.49. The van der Waals surface area contributed by atoms with E-state index in [0.29, 0.717) is 11.1 Å². The van der Waals surface area contributed by atoms with Crippen molar-refractivity contribution in [2.75, 3.05) is 5.32 Å². The standard InChI is InChI=1S/C16H12F3N3/c1-10-5-4-6-11(9-10)20-14-12-7-2-3-8-13(12)21-15(22-14)16(17,18)19/h2-9H,1H3,(H,20,21,22). The van der Waals surface area contributed by atoms with E-state index in [1.165, 1.54) is 6.07 Å². The quantitative estimate of drug-likeness (QED) is 0.745. The summed E-state index contributed by atoms with van der Waals surface area (Å²) in [6, 6.07) is 13.9. The molecule has 0 bridgehead atoms. The van der Waals surface area contributed by atoms with Crippen LogP contribution in [0.2, 0.25) is 0 Å². The molecule has 0 fully saturated rings. The third-order valence-electron chi connectivity index (χ3n) is 3.14. The van der Waals surface area contributed by atoms with E-state index in [0.717, 1.165) is 5.56 Å². The molecule has 3 aromatic rings. The Morgan fingerprint density at radius 1 is 0.955 bits per heavy atom. The second-order valence-corrected chi connectivity index (χ2v) is 4.91. The Bertz CT molecular complexity index is 828. The number of aryl methyl sites for hydroxylation is 1. The SMILES string of the molecule is Cc1cccc(Nc2nc(C(F)(F)F)nc3ccccc23)c1. The first kappa shape index (κ1) is 14.3. The van der Waals surface area contributed by atoms with Crippen LogP contribution in [0.25, 0.3) is 10.9 Å². The van der Waals surface area contributed by atoms with Crippen molar-refractivity contribution in [3.05, 3.63) is 59.9 Å². The Kier molecular flexibility index (Phi) is 3.44. The molecule has 1 heterocycles. The van der Waals surface area contributed by atoms with Gasteiger partial charge < -0.3 is 5.32 Å². The molecular formula is C16H12F3N3. The average molecular weight is 303 g/mol. The van der Waals surface area contributed by atoms with Gasteiger partial charge in [0.25, 0.3) is 0 Å². The molecule has 0 aliphatic heterocycles. The van der Waals surface area contributed by atoms with E-state index in [1.54, 1.807) is 24.3 Å². The molecular weight excluding hydrogens is 291 g/mol. The first-order valence-corrected chi connectivity index (χ1v) is 6.61. The molecule has 0 aliphatic carbocycles. The Balaban J connectivity index is 2.14. The topological polar surface area (TPSA) is 37.8 Å². The van der Waals surface area contributed by atoms with Crippen molar-refractivity contribution in [1.82, 2.24) is 9.97 Å².